The van der Waals surface area contributed by atoms with Crippen LogP contribution < -0.4 is 5.73 Å². The summed E-state index contributed by atoms with van der Waals surface area (Å²) in [5.41, 5.74) is 8.91. The van der Waals surface area contributed by atoms with Gasteiger partial charge in [-0.2, -0.15) is 0 Å². The standard InChI is InChI=1S/C17H15N3O/c18-11-13-2-1-3-16-15(13)8-9-20(16)17(21)10-12-4-6-14(19)7-5-12/h1-9,11,18H,10,19H2. The molecule has 0 aliphatic heterocycles. The molecule has 1 heterocycles. The van der Waals surface area contributed by atoms with Crippen molar-refractivity contribution in [3.05, 3.63) is 65.9 Å². The number of carbonyl (C=O) groups is 1. The van der Waals surface area contributed by atoms with Crippen molar-refractivity contribution >= 4 is 28.7 Å². The van der Waals surface area contributed by atoms with Gasteiger partial charge in [0.2, 0.25) is 5.91 Å². The molecule has 3 rings (SSSR count). The minimum atomic E-state index is -0.00287. The predicted octanol–water partition coefficient (Wildman–Crippen LogP) is 3.10. The SMILES string of the molecule is N=Cc1cccc2c1ccn2C(=O)Cc1ccc(N)cc1. The number of nitrogens with zero attached hydrogens (tertiary/aromatic N) is 1. The summed E-state index contributed by atoms with van der Waals surface area (Å²) in [4.78, 5) is 12.4. The van der Waals surface area contributed by atoms with Crippen molar-refractivity contribution in [2.24, 2.45) is 0 Å². The van der Waals surface area contributed by atoms with E-state index in [-0.39, 0.29) is 5.91 Å². The molecule has 104 valence electrons. The normalized spacial score (nSPS) is 10.7. The number of hydrogen-bond acceptors (Lipinski definition) is 3. The number of nitrogens with two attached hydrogens (primary N) is 1. The number of nitrogens with one attached hydrogen (secondary N) is 1. The van der Waals surface area contributed by atoms with Crippen LogP contribution in [0.4, 0.5) is 5.69 Å². The van der Waals surface area contributed by atoms with Gasteiger partial charge in [-0.3, -0.25) is 9.36 Å². The smallest absolute Gasteiger partial charge is 0.235 e. The lowest BCUT2D eigenvalue weighted by atomic mass is 10.1. The van der Waals surface area contributed by atoms with E-state index in [1.54, 1.807) is 22.9 Å². The Kier molecular flexibility index (Phi) is 3.28. The van der Waals surface area contributed by atoms with Crippen molar-refractivity contribution in [2.45, 2.75) is 6.42 Å². The minimum absolute atomic E-state index is 0.00287. The van der Waals surface area contributed by atoms with Gasteiger partial charge in [-0.05, 0) is 29.8 Å². The number of hydrogen-bond donors (Lipinski definition) is 2. The van der Waals surface area contributed by atoms with Gasteiger partial charge in [0.1, 0.15) is 0 Å². The van der Waals surface area contributed by atoms with E-state index in [4.69, 9.17) is 11.1 Å². The minimum Gasteiger partial charge on any atom is -0.399 e. The van der Waals surface area contributed by atoms with Crippen LogP contribution in [0.25, 0.3) is 10.9 Å². The molecule has 1 aromatic heterocycles. The largest absolute Gasteiger partial charge is 0.399 e. The molecule has 3 N–H and O–H groups in total. The van der Waals surface area contributed by atoms with E-state index in [1.165, 1.54) is 6.21 Å². The Balaban J connectivity index is 1.95. The first-order chi connectivity index (χ1) is 10.2. The van der Waals surface area contributed by atoms with Crippen LogP contribution in [-0.2, 0) is 6.42 Å². The second-order valence-electron chi connectivity index (χ2n) is 4.92. The maximum absolute atomic E-state index is 12.4. The van der Waals surface area contributed by atoms with Crippen molar-refractivity contribution < 1.29 is 4.79 Å². The van der Waals surface area contributed by atoms with Crippen LogP contribution in [0.5, 0.6) is 0 Å². The van der Waals surface area contributed by atoms with E-state index in [1.807, 2.05) is 36.4 Å². The van der Waals surface area contributed by atoms with Crippen LogP contribution in [0.2, 0.25) is 0 Å². The van der Waals surface area contributed by atoms with Crippen LogP contribution in [0.1, 0.15) is 15.9 Å². The van der Waals surface area contributed by atoms with E-state index in [2.05, 4.69) is 0 Å². The summed E-state index contributed by atoms with van der Waals surface area (Å²) in [6.07, 6.45) is 3.38. The van der Waals surface area contributed by atoms with Gasteiger partial charge in [0.25, 0.3) is 0 Å². The molecule has 0 atom stereocenters. The van der Waals surface area contributed by atoms with Gasteiger partial charge < -0.3 is 11.1 Å². The van der Waals surface area contributed by atoms with Crippen LogP contribution in [0.3, 0.4) is 0 Å². The molecule has 0 bridgehead atoms. The van der Waals surface area contributed by atoms with Gasteiger partial charge in [0, 0.05) is 29.0 Å². The number of rotatable bonds is 3. The highest BCUT2D eigenvalue weighted by Crippen LogP contribution is 2.19. The van der Waals surface area contributed by atoms with Crippen LogP contribution in [0, 0.1) is 5.41 Å². The molecule has 0 unspecified atom stereocenters. The van der Waals surface area contributed by atoms with E-state index in [0.29, 0.717) is 12.1 Å². The van der Waals surface area contributed by atoms with E-state index >= 15 is 0 Å². The highest BCUT2D eigenvalue weighted by Gasteiger charge is 2.11. The lowest BCUT2D eigenvalue weighted by Crippen LogP contribution is -2.12. The van der Waals surface area contributed by atoms with Crippen molar-refractivity contribution in [2.75, 3.05) is 5.73 Å². The summed E-state index contributed by atoms with van der Waals surface area (Å²) < 4.78 is 1.64. The summed E-state index contributed by atoms with van der Waals surface area (Å²) in [5, 5.41) is 8.33. The lowest BCUT2D eigenvalue weighted by Gasteiger charge is -2.05. The monoisotopic (exact) mass is 277 g/mol. The van der Waals surface area contributed by atoms with E-state index < -0.39 is 0 Å². The molecular formula is C17H15N3O. The molecule has 0 spiro atoms. The first-order valence-electron chi connectivity index (χ1n) is 6.67. The molecule has 0 fully saturated rings. The fourth-order valence-electron chi connectivity index (χ4n) is 2.43. The Morgan fingerprint density at radius 3 is 2.62 bits per heavy atom. The van der Waals surface area contributed by atoms with Crippen LogP contribution >= 0.6 is 0 Å². The van der Waals surface area contributed by atoms with Crippen molar-refractivity contribution in [3.8, 4) is 0 Å². The van der Waals surface area contributed by atoms with Gasteiger partial charge in [-0.25, -0.2) is 0 Å². The number of fused-ring (bicyclic) bond motifs is 1. The summed E-state index contributed by atoms with van der Waals surface area (Å²) in [5.74, 6) is -0.00287. The van der Waals surface area contributed by atoms with Crippen molar-refractivity contribution in [1.82, 2.24) is 4.57 Å². The third-order valence-electron chi connectivity index (χ3n) is 3.53. The third-order valence-corrected chi connectivity index (χ3v) is 3.53. The summed E-state index contributed by atoms with van der Waals surface area (Å²) >= 11 is 0. The number of aromatic nitrogens is 1. The van der Waals surface area contributed by atoms with Gasteiger partial charge >= 0.3 is 0 Å². The molecular weight excluding hydrogens is 262 g/mol. The summed E-state index contributed by atoms with van der Waals surface area (Å²) in [7, 11) is 0. The fraction of sp³-hybridized carbons (Fsp3) is 0.0588. The number of anilines is 1. The van der Waals surface area contributed by atoms with Crippen molar-refractivity contribution in [1.29, 1.82) is 5.41 Å². The molecule has 4 heteroatoms. The Morgan fingerprint density at radius 1 is 1.14 bits per heavy atom. The third kappa shape index (κ3) is 2.43. The average molecular weight is 277 g/mol. The zero-order chi connectivity index (χ0) is 14.8. The maximum atomic E-state index is 12.4. The maximum Gasteiger partial charge on any atom is 0.235 e. The average Bonchev–Trinajstić information content (AvgIpc) is 2.93. The first-order valence-corrected chi connectivity index (χ1v) is 6.67. The quantitative estimate of drug-likeness (QED) is 0.570. The topological polar surface area (TPSA) is 71.9 Å². The van der Waals surface area contributed by atoms with Gasteiger partial charge in [0.05, 0.1) is 11.9 Å². The Bertz CT molecular complexity index is 816. The van der Waals surface area contributed by atoms with Crippen LogP contribution in [0.15, 0.2) is 54.7 Å². The number of nitrogen functional groups attached to an aromatic ring is 1. The molecule has 21 heavy (non-hydrogen) atoms. The summed E-state index contributed by atoms with van der Waals surface area (Å²) in [6.45, 7) is 0. The van der Waals surface area contributed by atoms with E-state index in [9.17, 15) is 4.79 Å². The van der Waals surface area contributed by atoms with Crippen molar-refractivity contribution in [3.63, 3.8) is 0 Å². The predicted molar refractivity (Wildman–Crippen MR) is 85.0 cm³/mol. The van der Waals surface area contributed by atoms with Gasteiger partial charge in [-0.15, -0.1) is 0 Å². The highest BCUT2D eigenvalue weighted by molar-refractivity contribution is 6.01. The molecule has 0 saturated carbocycles. The molecule has 3 aromatic rings. The molecule has 0 saturated heterocycles. The Hall–Kier alpha value is -2.88. The fourth-order valence-corrected chi connectivity index (χ4v) is 2.43. The molecule has 0 aliphatic carbocycles. The molecule has 2 aromatic carbocycles. The lowest BCUT2D eigenvalue weighted by molar-refractivity contribution is 0.0919. The Labute approximate surface area is 122 Å². The second-order valence-corrected chi connectivity index (χ2v) is 4.92. The first kappa shape index (κ1) is 13.1. The van der Waals surface area contributed by atoms with Crippen LogP contribution in [-0.4, -0.2) is 16.7 Å². The zero-order valence-corrected chi connectivity index (χ0v) is 11.4. The summed E-state index contributed by atoms with van der Waals surface area (Å²) in [6, 6.07) is 14.8. The Morgan fingerprint density at radius 2 is 1.90 bits per heavy atom. The molecule has 0 aliphatic rings. The van der Waals surface area contributed by atoms with Gasteiger partial charge in [-0.1, -0.05) is 24.3 Å². The van der Waals surface area contributed by atoms with E-state index in [0.717, 1.165) is 22.0 Å². The molecule has 0 amide bonds. The number of carbonyl (C=O) groups excluding carboxylic acids is 1. The van der Waals surface area contributed by atoms with Gasteiger partial charge in [0.15, 0.2) is 0 Å². The zero-order valence-electron chi connectivity index (χ0n) is 11.4. The second kappa shape index (κ2) is 5.25. The highest BCUT2D eigenvalue weighted by atomic mass is 16.2. The number of benzene rings is 2. The molecule has 0 radical (unpaired) electrons. The molecule has 4 nitrogen and oxygen atoms in total.